The summed E-state index contributed by atoms with van der Waals surface area (Å²) in [5.74, 6) is 0.219. The molecule has 0 saturated heterocycles. The number of aliphatic hydroxyl groups excluding tert-OH is 1. The lowest BCUT2D eigenvalue weighted by molar-refractivity contribution is 0.228. The van der Waals surface area contributed by atoms with Crippen LogP contribution in [0.1, 0.15) is 19.8 Å². The molecule has 3 N–H and O–H groups in total. The number of hydrogen-bond donors (Lipinski definition) is 3. The Balaban J connectivity index is 2.33. The zero-order chi connectivity index (χ0) is 12.0. The van der Waals surface area contributed by atoms with Crippen molar-refractivity contribution in [2.45, 2.75) is 24.7 Å². The lowest BCUT2D eigenvalue weighted by atomic mass is 10.1. The molecule has 0 radical (unpaired) electrons. The van der Waals surface area contributed by atoms with Crippen molar-refractivity contribution in [3.05, 3.63) is 18.5 Å². The third kappa shape index (κ3) is 3.96. The molecule has 0 aliphatic rings. The van der Waals surface area contributed by atoms with Gasteiger partial charge in [-0.1, -0.05) is 6.92 Å². The smallest absolute Gasteiger partial charge is 0.242 e. The van der Waals surface area contributed by atoms with Crippen LogP contribution in [-0.4, -0.2) is 31.7 Å². The summed E-state index contributed by atoms with van der Waals surface area (Å²) in [5, 5.41) is 8.80. The van der Waals surface area contributed by atoms with Gasteiger partial charge in [-0.3, -0.25) is 0 Å². The first-order chi connectivity index (χ1) is 7.56. The number of sulfonamides is 1. The summed E-state index contributed by atoms with van der Waals surface area (Å²) < 4.78 is 25.8. The average Bonchev–Trinajstić information content (AvgIpc) is 2.78. The molecule has 1 heterocycles. The molecular weight excluding hydrogens is 228 g/mol. The molecule has 0 amide bonds. The summed E-state index contributed by atoms with van der Waals surface area (Å²) in [6.45, 7) is 2.48. The molecule has 0 aliphatic heterocycles. The topological polar surface area (TPSA) is 82.2 Å². The summed E-state index contributed by atoms with van der Waals surface area (Å²) in [5.41, 5.74) is 0. The van der Waals surface area contributed by atoms with Gasteiger partial charge in [0.25, 0.3) is 0 Å². The molecule has 0 bridgehead atoms. The van der Waals surface area contributed by atoms with Crippen LogP contribution in [0.2, 0.25) is 0 Å². The van der Waals surface area contributed by atoms with Crippen molar-refractivity contribution in [2.75, 3.05) is 13.2 Å². The van der Waals surface area contributed by atoms with Crippen molar-refractivity contribution in [1.29, 1.82) is 0 Å². The van der Waals surface area contributed by atoms with Crippen molar-refractivity contribution < 1.29 is 13.5 Å². The molecule has 5 nitrogen and oxygen atoms in total. The van der Waals surface area contributed by atoms with E-state index in [9.17, 15) is 8.42 Å². The Labute approximate surface area is 95.9 Å². The van der Waals surface area contributed by atoms with Gasteiger partial charge in [0.2, 0.25) is 10.0 Å². The van der Waals surface area contributed by atoms with E-state index in [1.807, 2.05) is 6.92 Å². The average molecular weight is 246 g/mol. The Morgan fingerprint density at radius 2 is 2.31 bits per heavy atom. The zero-order valence-electron chi connectivity index (χ0n) is 9.31. The van der Waals surface area contributed by atoms with Crippen LogP contribution in [0.25, 0.3) is 0 Å². The van der Waals surface area contributed by atoms with Gasteiger partial charge in [-0.15, -0.1) is 0 Å². The highest BCUT2D eigenvalue weighted by Gasteiger charge is 2.13. The highest BCUT2D eigenvalue weighted by atomic mass is 32.2. The highest BCUT2D eigenvalue weighted by molar-refractivity contribution is 7.89. The van der Waals surface area contributed by atoms with Crippen LogP contribution in [0, 0.1) is 5.92 Å². The standard InChI is InChI=1S/C10H18N2O3S/c1-9(8-13)3-2-5-12-16(14,15)10-4-6-11-7-10/h4,6-7,9,11-13H,2-3,5,8H2,1H3. The van der Waals surface area contributed by atoms with Gasteiger partial charge in [-0.2, -0.15) is 0 Å². The molecule has 0 aromatic carbocycles. The number of hydrogen-bond acceptors (Lipinski definition) is 3. The van der Waals surface area contributed by atoms with Gasteiger partial charge >= 0.3 is 0 Å². The molecule has 1 unspecified atom stereocenters. The Kier molecular flexibility index (Phi) is 4.98. The van der Waals surface area contributed by atoms with Gasteiger partial charge in [0, 0.05) is 25.5 Å². The molecule has 1 aromatic rings. The number of aromatic amines is 1. The van der Waals surface area contributed by atoms with Crippen LogP contribution in [0.4, 0.5) is 0 Å². The van der Waals surface area contributed by atoms with Crippen LogP contribution >= 0.6 is 0 Å². The fourth-order valence-corrected chi connectivity index (χ4v) is 2.36. The molecule has 0 saturated carbocycles. The molecule has 1 aromatic heterocycles. The summed E-state index contributed by atoms with van der Waals surface area (Å²) in [4.78, 5) is 2.95. The van der Waals surface area contributed by atoms with Crippen molar-refractivity contribution in [3.8, 4) is 0 Å². The predicted molar refractivity (Wildman–Crippen MR) is 61.5 cm³/mol. The van der Waals surface area contributed by atoms with Crippen molar-refractivity contribution in [1.82, 2.24) is 9.71 Å². The van der Waals surface area contributed by atoms with Gasteiger partial charge in [-0.05, 0) is 24.8 Å². The predicted octanol–water partition coefficient (Wildman–Crippen LogP) is 0.702. The van der Waals surface area contributed by atoms with E-state index in [0.29, 0.717) is 6.54 Å². The fraction of sp³-hybridized carbons (Fsp3) is 0.600. The van der Waals surface area contributed by atoms with E-state index in [0.717, 1.165) is 12.8 Å². The second kappa shape index (κ2) is 6.03. The Bertz CT molecular complexity index is 386. The first kappa shape index (κ1) is 13.2. The van der Waals surface area contributed by atoms with E-state index in [1.54, 1.807) is 6.20 Å². The third-order valence-corrected chi connectivity index (χ3v) is 3.82. The maximum atomic E-state index is 11.6. The summed E-state index contributed by atoms with van der Waals surface area (Å²) in [6.07, 6.45) is 4.55. The van der Waals surface area contributed by atoms with Crippen LogP contribution in [0.3, 0.4) is 0 Å². The lowest BCUT2D eigenvalue weighted by Gasteiger charge is -2.08. The zero-order valence-corrected chi connectivity index (χ0v) is 10.1. The van der Waals surface area contributed by atoms with Crippen molar-refractivity contribution in [2.24, 2.45) is 5.92 Å². The fourth-order valence-electron chi connectivity index (χ4n) is 1.31. The van der Waals surface area contributed by atoms with Gasteiger partial charge in [-0.25, -0.2) is 13.1 Å². The van der Waals surface area contributed by atoms with Crippen molar-refractivity contribution >= 4 is 10.0 Å². The Morgan fingerprint density at radius 1 is 1.56 bits per heavy atom. The minimum atomic E-state index is -3.37. The van der Waals surface area contributed by atoms with Crippen molar-refractivity contribution in [3.63, 3.8) is 0 Å². The number of H-pyrrole nitrogens is 1. The second-order valence-electron chi connectivity index (χ2n) is 3.87. The van der Waals surface area contributed by atoms with Crippen LogP contribution < -0.4 is 4.72 Å². The van der Waals surface area contributed by atoms with E-state index in [1.165, 1.54) is 12.3 Å². The quantitative estimate of drug-likeness (QED) is 0.619. The molecule has 16 heavy (non-hydrogen) atoms. The summed E-state index contributed by atoms with van der Waals surface area (Å²) in [6, 6.07) is 1.51. The first-order valence-electron chi connectivity index (χ1n) is 5.29. The van der Waals surface area contributed by atoms with Crippen LogP contribution in [0.15, 0.2) is 23.4 Å². The number of rotatable bonds is 7. The molecule has 0 fully saturated rings. The van der Waals surface area contributed by atoms with E-state index in [2.05, 4.69) is 9.71 Å². The van der Waals surface area contributed by atoms with E-state index in [4.69, 9.17) is 5.11 Å². The monoisotopic (exact) mass is 246 g/mol. The molecule has 6 heteroatoms. The van der Waals surface area contributed by atoms with Gasteiger partial charge in [0.05, 0.1) is 4.90 Å². The maximum Gasteiger partial charge on any atom is 0.242 e. The largest absolute Gasteiger partial charge is 0.396 e. The van der Waals surface area contributed by atoms with E-state index in [-0.39, 0.29) is 17.4 Å². The second-order valence-corrected chi connectivity index (χ2v) is 5.64. The molecule has 0 spiro atoms. The molecule has 0 aliphatic carbocycles. The highest BCUT2D eigenvalue weighted by Crippen LogP contribution is 2.07. The number of nitrogens with one attached hydrogen (secondary N) is 2. The van der Waals surface area contributed by atoms with E-state index >= 15 is 0 Å². The Hall–Kier alpha value is -0.850. The summed E-state index contributed by atoms with van der Waals surface area (Å²) in [7, 11) is -3.37. The lowest BCUT2D eigenvalue weighted by Crippen LogP contribution is -2.24. The number of aromatic nitrogens is 1. The minimum Gasteiger partial charge on any atom is -0.396 e. The molecular formula is C10H18N2O3S. The first-order valence-corrected chi connectivity index (χ1v) is 6.78. The number of aliphatic hydroxyl groups is 1. The molecule has 1 atom stereocenters. The van der Waals surface area contributed by atoms with Gasteiger partial charge in [0.15, 0.2) is 0 Å². The summed E-state index contributed by atoms with van der Waals surface area (Å²) >= 11 is 0. The van der Waals surface area contributed by atoms with Gasteiger partial charge < -0.3 is 10.1 Å². The SMILES string of the molecule is CC(CO)CCCNS(=O)(=O)c1cc[nH]c1. The van der Waals surface area contributed by atoms with Crippen LogP contribution in [0.5, 0.6) is 0 Å². The van der Waals surface area contributed by atoms with Gasteiger partial charge in [0.1, 0.15) is 0 Å². The maximum absolute atomic E-state index is 11.6. The van der Waals surface area contributed by atoms with E-state index < -0.39 is 10.0 Å². The Morgan fingerprint density at radius 3 is 2.88 bits per heavy atom. The molecule has 1 rings (SSSR count). The minimum absolute atomic E-state index is 0.143. The van der Waals surface area contributed by atoms with Crippen LogP contribution in [-0.2, 0) is 10.0 Å². The normalized spacial score (nSPS) is 13.9. The third-order valence-electron chi connectivity index (χ3n) is 2.36. The molecule has 92 valence electrons.